The summed E-state index contributed by atoms with van der Waals surface area (Å²) < 4.78 is 14.3. The topological polar surface area (TPSA) is 15.3 Å². The molecule has 1 aliphatic rings. The van der Waals surface area contributed by atoms with Crippen molar-refractivity contribution in [1.29, 1.82) is 0 Å². The van der Waals surface area contributed by atoms with Crippen molar-refractivity contribution >= 4 is 17.3 Å². The van der Waals surface area contributed by atoms with Crippen molar-refractivity contribution in [2.24, 2.45) is 0 Å². The molecule has 1 aliphatic heterocycles. The lowest BCUT2D eigenvalue weighted by atomic mass is 9.92. The Hall–Kier alpha value is -0.800. The van der Waals surface area contributed by atoms with E-state index >= 15 is 0 Å². The number of hydrogen-bond donors (Lipinski definition) is 1. The van der Waals surface area contributed by atoms with Gasteiger partial charge in [-0.15, -0.1) is 0 Å². The summed E-state index contributed by atoms with van der Waals surface area (Å²) in [5, 5.41) is 3.78. The zero-order valence-corrected chi connectivity index (χ0v) is 12.6. The van der Waals surface area contributed by atoms with Crippen LogP contribution in [0.3, 0.4) is 0 Å². The lowest BCUT2D eigenvalue weighted by Crippen LogP contribution is -2.63. The summed E-state index contributed by atoms with van der Waals surface area (Å²) in [5.41, 5.74) is 0.654. The molecule has 0 radical (unpaired) electrons. The van der Waals surface area contributed by atoms with Gasteiger partial charge in [0.05, 0.1) is 10.7 Å². The van der Waals surface area contributed by atoms with E-state index in [1.54, 1.807) is 6.07 Å². The maximum Gasteiger partial charge on any atom is 0.165 e. The van der Waals surface area contributed by atoms with E-state index in [0.29, 0.717) is 11.7 Å². The molecule has 2 atom stereocenters. The van der Waals surface area contributed by atoms with Crippen LogP contribution in [0.1, 0.15) is 33.6 Å². The Bertz CT molecular complexity index is 452. The zero-order chi connectivity index (χ0) is 14.0. The highest BCUT2D eigenvalue weighted by atomic mass is 35.5. The second-order valence-electron chi connectivity index (χ2n) is 5.56. The third kappa shape index (κ3) is 2.87. The Kier molecular flexibility index (Phi) is 4.36. The van der Waals surface area contributed by atoms with Crippen LogP contribution in [0.2, 0.25) is 5.02 Å². The quantitative estimate of drug-likeness (QED) is 0.907. The molecule has 2 nitrogen and oxygen atoms in total. The standard InChI is InChI=1S/C15H22ClFN2/c1-4-11-9-18-15(3,5-2)10-19(11)13-8-6-7-12(16)14(13)17/h6-8,11,18H,4-5,9-10H2,1-3H3. The number of anilines is 1. The molecular formula is C15H22ClFN2. The fourth-order valence-electron chi connectivity index (χ4n) is 2.63. The summed E-state index contributed by atoms with van der Waals surface area (Å²) in [5.74, 6) is -0.303. The molecular weight excluding hydrogens is 263 g/mol. The molecule has 19 heavy (non-hydrogen) atoms. The average Bonchev–Trinajstić information content (AvgIpc) is 2.42. The van der Waals surface area contributed by atoms with Gasteiger partial charge in [0, 0.05) is 24.7 Å². The number of piperazine rings is 1. The summed E-state index contributed by atoms with van der Waals surface area (Å²) in [7, 11) is 0. The van der Waals surface area contributed by atoms with Crippen molar-refractivity contribution < 1.29 is 4.39 Å². The minimum Gasteiger partial charge on any atom is -0.363 e. The maximum atomic E-state index is 14.3. The smallest absolute Gasteiger partial charge is 0.165 e. The second-order valence-corrected chi connectivity index (χ2v) is 5.97. The van der Waals surface area contributed by atoms with E-state index in [0.717, 1.165) is 25.9 Å². The Morgan fingerprint density at radius 3 is 2.84 bits per heavy atom. The van der Waals surface area contributed by atoms with Crippen LogP contribution in [-0.4, -0.2) is 24.7 Å². The van der Waals surface area contributed by atoms with Crippen molar-refractivity contribution in [3.63, 3.8) is 0 Å². The minimum atomic E-state index is -0.303. The van der Waals surface area contributed by atoms with Gasteiger partial charge in [-0.1, -0.05) is 31.5 Å². The Balaban J connectivity index is 2.35. The molecule has 1 aromatic carbocycles. The predicted molar refractivity (Wildman–Crippen MR) is 79.5 cm³/mol. The van der Waals surface area contributed by atoms with Gasteiger partial charge in [-0.25, -0.2) is 4.39 Å². The highest BCUT2D eigenvalue weighted by Gasteiger charge is 2.35. The number of nitrogens with zero attached hydrogens (tertiary/aromatic N) is 1. The van der Waals surface area contributed by atoms with Crippen LogP contribution in [-0.2, 0) is 0 Å². The van der Waals surface area contributed by atoms with E-state index in [2.05, 4.69) is 31.0 Å². The monoisotopic (exact) mass is 284 g/mol. The van der Waals surface area contributed by atoms with E-state index in [1.807, 2.05) is 12.1 Å². The molecule has 0 saturated carbocycles. The van der Waals surface area contributed by atoms with Gasteiger partial charge < -0.3 is 10.2 Å². The van der Waals surface area contributed by atoms with Gasteiger partial charge in [-0.3, -0.25) is 0 Å². The first-order chi connectivity index (χ1) is 9.00. The molecule has 0 amide bonds. The fourth-order valence-corrected chi connectivity index (χ4v) is 2.80. The van der Waals surface area contributed by atoms with Gasteiger partial charge in [-0.05, 0) is 31.9 Å². The number of benzene rings is 1. The summed E-state index contributed by atoms with van der Waals surface area (Å²) in [6, 6.07) is 5.56. The van der Waals surface area contributed by atoms with Gasteiger partial charge in [-0.2, -0.15) is 0 Å². The van der Waals surface area contributed by atoms with Gasteiger partial charge >= 0.3 is 0 Å². The molecule has 0 aliphatic carbocycles. The molecule has 0 aromatic heterocycles. The van der Waals surface area contributed by atoms with Gasteiger partial charge in [0.25, 0.3) is 0 Å². The van der Waals surface area contributed by atoms with Crippen LogP contribution in [0, 0.1) is 5.82 Å². The predicted octanol–water partition coefficient (Wildman–Crippen LogP) is 3.84. The number of hydrogen-bond acceptors (Lipinski definition) is 2. The van der Waals surface area contributed by atoms with E-state index < -0.39 is 0 Å². The molecule has 2 rings (SSSR count). The summed E-state index contributed by atoms with van der Waals surface area (Å²) in [4.78, 5) is 2.17. The second kappa shape index (κ2) is 5.68. The first kappa shape index (κ1) is 14.6. The Morgan fingerprint density at radius 1 is 1.47 bits per heavy atom. The summed E-state index contributed by atoms with van der Waals surface area (Å²) in [6.07, 6.45) is 2.00. The molecule has 1 N–H and O–H groups in total. The highest BCUT2D eigenvalue weighted by Crippen LogP contribution is 2.31. The maximum absolute atomic E-state index is 14.3. The Labute approximate surface area is 119 Å². The highest BCUT2D eigenvalue weighted by molar-refractivity contribution is 6.31. The molecule has 1 saturated heterocycles. The fraction of sp³-hybridized carbons (Fsp3) is 0.600. The molecule has 0 spiro atoms. The zero-order valence-electron chi connectivity index (χ0n) is 11.8. The lowest BCUT2D eigenvalue weighted by molar-refractivity contribution is 0.274. The van der Waals surface area contributed by atoms with E-state index in [1.165, 1.54) is 0 Å². The van der Waals surface area contributed by atoms with Crippen molar-refractivity contribution in [2.75, 3.05) is 18.0 Å². The van der Waals surface area contributed by atoms with Crippen molar-refractivity contribution in [3.8, 4) is 0 Å². The molecule has 1 heterocycles. The number of halogens is 2. The third-order valence-corrected chi connectivity index (χ3v) is 4.51. The van der Waals surface area contributed by atoms with Gasteiger partial charge in [0.2, 0.25) is 0 Å². The summed E-state index contributed by atoms with van der Waals surface area (Å²) in [6.45, 7) is 8.17. The van der Waals surface area contributed by atoms with Crippen LogP contribution < -0.4 is 10.2 Å². The lowest BCUT2D eigenvalue weighted by Gasteiger charge is -2.47. The molecule has 1 aromatic rings. The Morgan fingerprint density at radius 2 is 2.21 bits per heavy atom. The normalized spacial score (nSPS) is 27.6. The van der Waals surface area contributed by atoms with E-state index in [-0.39, 0.29) is 16.4 Å². The summed E-state index contributed by atoms with van der Waals surface area (Å²) >= 11 is 5.91. The van der Waals surface area contributed by atoms with E-state index in [4.69, 9.17) is 11.6 Å². The molecule has 4 heteroatoms. The van der Waals surface area contributed by atoms with Crippen LogP contribution in [0.5, 0.6) is 0 Å². The molecule has 106 valence electrons. The third-order valence-electron chi connectivity index (χ3n) is 4.22. The first-order valence-corrected chi connectivity index (χ1v) is 7.34. The molecule has 2 unspecified atom stereocenters. The van der Waals surface area contributed by atoms with Crippen molar-refractivity contribution in [1.82, 2.24) is 5.32 Å². The largest absolute Gasteiger partial charge is 0.363 e. The van der Waals surface area contributed by atoms with Gasteiger partial charge in [0.15, 0.2) is 5.82 Å². The van der Waals surface area contributed by atoms with Crippen LogP contribution in [0.15, 0.2) is 18.2 Å². The van der Waals surface area contributed by atoms with Crippen molar-refractivity contribution in [3.05, 3.63) is 29.0 Å². The number of rotatable bonds is 3. The first-order valence-electron chi connectivity index (χ1n) is 6.96. The van der Waals surface area contributed by atoms with Crippen molar-refractivity contribution in [2.45, 2.75) is 45.2 Å². The SMILES string of the molecule is CCC1CNC(C)(CC)CN1c1cccc(Cl)c1F. The van der Waals surface area contributed by atoms with Crippen LogP contribution in [0.4, 0.5) is 10.1 Å². The number of nitrogens with one attached hydrogen (secondary N) is 1. The molecule has 1 fully saturated rings. The van der Waals surface area contributed by atoms with Crippen LogP contribution >= 0.6 is 11.6 Å². The van der Waals surface area contributed by atoms with Crippen LogP contribution in [0.25, 0.3) is 0 Å². The minimum absolute atomic E-state index is 0.0282. The average molecular weight is 285 g/mol. The van der Waals surface area contributed by atoms with E-state index in [9.17, 15) is 4.39 Å². The van der Waals surface area contributed by atoms with Gasteiger partial charge in [0.1, 0.15) is 0 Å². The molecule has 0 bridgehead atoms.